The predicted octanol–water partition coefficient (Wildman–Crippen LogP) is 2.46. The lowest BCUT2D eigenvalue weighted by Gasteiger charge is -2.22. The van der Waals surface area contributed by atoms with E-state index in [1.165, 1.54) is 6.08 Å². The van der Waals surface area contributed by atoms with Crippen LogP contribution in [-0.4, -0.2) is 73.0 Å². The van der Waals surface area contributed by atoms with Crippen molar-refractivity contribution in [3.05, 3.63) is 60.7 Å². The van der Waals surface area contributed by atoms with Crippen LogP contribution in [0.15, 0.2) is 49.4 Å². The molecule has 3 N–H and O–H groups in total. The number of methoxy groups -OCH3 is 1. The van der Waals surface area contributed by atoms with E-state index in [0.717, 1.165) is 28.7 Å². The number of carbonyl (C=O) groups excluding carboxylic acids is 1. The molecule has 38 heavy (non-hydrogen) atoms. The standard InChI is InChI=1S/C26H27N7O2.CH2O2/c1-4-24(34)32-14-18(13-19(32)15-35-3)33-23-10-11-28-26(27)25(23)20(30-33)8-6-17-7-9-22-21(12-17)29-16-31(22)5-2;2-1-3/h4,7,9-12,16,18-19H,1,5,13-15H2,2-3H3,(H2,27,28);1H,(H,2,3)/t18-,19+;/m0./s1. The lowest BCUT2D eigenvalue weighted by Crippen LogP contribution is -2.37. The molecule has 1 saturated heterocycles. The normalized spacial score (nSPS) is 16.5. The van der Waals surface area contributed by atoms with Crippen molar-refractivity contribution in [3.8, 4) is 11.8 Å². The molecule has 196 valence electrons. The molecule has 11 heteroatoms. The number of hydrogen-bond donors (Lipinski definition) is 2. The van der Waals surface area contributed by atoms with E-state index in [-0.39, 0.29) is 24.5 Å². The third-order valence-corrected chi connectivity index (χ3v) is 6.49. The first-order valence-corrected chi connectivity index (χ1v) is 12.0. The van der Waals surface area contributed by atoms with Gasteiger partial charge < -0.3 is 25.0 Å². The van der Waals surface area contributed by atoms with Crippen LogP contribution in [0.1, 0.15) is 30.6 Å². The number of nitrogens with two attached hydrogens (primary N) is 1. The number of nitrogens with zero attached hydrogens (tertiary/aromatic N) is 6. The number of likely N-dealkylation sites (tertiary alicyclic amines) is 1. The van der Waals surface area contributed by atoms with Crippen molar-refractivity contribution < 1.29 is 19.4 Å². The molecule has 2 atom stereocenters. The number of fused-ring (bicyclic) bond motifs is 2. The number of aromatic nitrogens is 5. The van der Waals surface area contributed by atoms with Gasteiger partial charge in [0, 0.05) is 32.0 Å². The minimum atomic E-state index is -0.250. The predicted molar refractivity (Wildman–Crippen MR) is 143 cm³/mol. The molecule has 1 aliphatic heterocycles. The molecular weight excluding hydrogens is 486 g/mol. The van der Waals surface area contributed by atoms with Crippen LogP contribution in [0, 0.1) is 11.8 Å². The molecule has 3 aromatic heterocycles. The van der Waals surface area contributed by atoms with Gasteiger partial charge in [-0.25, -0.2) is 9.97 Å². The van der Waals surface area contributed by atoms with Crippen molar-refractivity contribution in [1.29, 1.82) is 0 Å². The summed E-state index contributed by atoms with van der Waals surface area (Å²) in [5.74, 6) is 6.67. The molecule has 1 amide bonds. The van der Waals surface area contributed by atoms with Crippen LogP contribution >= 0.6 is 0 Å². The Kier molecular flexibility index (Phi) is 8.03. The monoisotopic (exact) mass is 515 g/mol. The van der Waals surface area contributed by atoms with Crippen molar-refractivity contribution in [3.63, 3.8) is 0 Å². The Morgan fingerprint density at radius 1 is 1.29 bits per heavy atom. The second kappa shape index (κ2) is 11.6. The first kappa shape index (κ1) is 26.4. The van der Waals surface area contributed by atoms with E-state index in [2.05, 4.69) is 39.9 Å². The van der Waals surface area contributed by atoms with Crippen LogP contribution in [0.4, 0.5) is 5.82 Å². The van der Waals surface area contributed by atoms with Gasteiger partial charge in [-0.05, 0) is 49.6 Å². The number of benzene rings is 1. The maximum atomic E-state index is 12.4. The molecule has 4 heterocycles. The number of anilines is 1. The topological polar surface area (TPSA) is 141 Å². The fourth-order valence-corrected chi connectivity index (χ4v) is 4.81. The Hall–Kier alpha value is -4.69. The van der Waals surface area contributed by atoms with E-state index < -0.39 is 0 Å². The van der Waals surface area contributed by atoms with Crippen LogP contribution in [-0.2, 0) is 20.9 Å². The summed E-state index contributed by atoms with van der Waals surface area (Å²) in [6.45, 7) is 7.28. The lowest BCUT2D eigenvalue weighted by atomic mass is 10.1. The van der Waals surface area contributed by atoms with E-state index in [4.69, 9.17) is 25.5 Å². The van der Waals surface area contributed by atoms with Crippen LogP contribution in [0.3, 0.4) is 0 Å². The molecule has 5 rings (SSSR count). The molecule has 1 aromatic carbocycles. The number of imidazole rings is 1. The Labute approximate surface area is 219 Å². The van der Waals surface area contributed by atoms with Crippen LogP contribution < -0.4 is 5.73 Å². The maximum Gasteiger partial charge on any atom is 0.290 e. The highest BCUT2D eigenvalue weighted by Gasteiger charge is 2.36. The number of nitrogen functional groups attached to an aromatic ring is 1. The molecule has 4 aromatic rings. The van der Waals surface area contributed by atoms with Gasteiger partial charge in [0.2, 0.25) is 5.91 Å². The fraction of sp³-hybridized carbons (Fsp3) is 0.296. The number of amides is 1. The number of ether oxygens (including phenoxy) is 1. The SMILES string of the molecule is C=CC(=O)N1C[C@@H](n2nc(C#Cc3ccc4c(c3)ncn4CC)c3c(N)nccc32)C[C@@H]1COC.O=CO. The van der Waals surface area contributed by atoms with Gasteiger partial charge in [0.15, 0.2) is 0 Å². The van der Waals surface area contributed by atoms with Gasteiger partial charge in [0.25, 0.3) is 6.47 Å². The summed E-state index contributed by atoms with van der Waals surface area (Å²) in [6.07, 6.45) is 5.54. The summed E-state index contributed by atoms with van der Waals surface area (Å²) in [6, 6.07) is 7.76. The van der Waals surface area contributed by atoms with Gasteiger partial charge in [0.1, 0.15) is 11.5 Å². The number of carbonyl (C=O) groups is 2. The van der Waals surface area contributed by atoms with Gasteiger partial charge in [-0.2, -0.15) is 5.10 Å². The lowest BCUT2D eigenvalue weighted by molar-refractivity contribution is -0.127. The van der Waals surface area contributed by atoms with Gasteiger partial charge in [-0.15, -0.1) is 0 Å². The van der Waals surface area contributed by atoms with E-state index in [1.54, 1.807) is 18.2 Å². The highest BCUT2D eigenvalue weighted by Crippen LogP contribution is 2.32. The minimum absolute atomic E-state index is 0.0479. The molecule has 0 unspecified atom stereocenters. The molecule has 0 saturated carbocycles. The average Bonchev–Trinajstić information content (AvgIpc) is 3.63. The summed E-state index contributed by atoms with van der Waals surface area (Å²) in [5.41, 5.74) is 10.5. The van der Waals surface area contributed by atoms with Crippen molar-refractivity contribution >= 4 is 40.1 Å². The number of carboxylic acid groups (broad SMARTS) is 1. The Balaban J connectivity index is 0.00000107. The Morgan fingerprint density at radius 3 is 2.79 bits per heavy atom. The van der Waals surface area contributed by atoms with E-state index in [0.29, 0.717) is 36.5 Å². The smallest absolute Gasteiger partial charge is 0.290 e. The van der Waals surface area contributed by atoms with Crippen molar-refractivity contribution in [2.45, 2.75) is 32.0 Å². The second-order valence-electron chi connectivity index (χ2n) is 8.67. The van der Waals surface area contributed by atoms with Crippen molar-refractivity contribution in [2.24, 2.45) is 0 Å². The highest BCUT2D eigenvalue weighted by molar-refractivity contribution is 5.93. The molecule has 0 bridgehead atoms. The van der Waals surface area contributed by atoms with Crippen LogP contribution in [0.25, 0.3) is 21.9 Å². The first-order chi connectivity index (χ1) is 18.4. The molecule has 0 spiro atoms. The summed E-state index contributed by atoms with van der Waals surface area (Å²) in [7, 11) is 1.64. The summed E-state index contributed by atoms with van der Waals surface area (Å²) in [5, 5.41) is 12.4. The van der Waals surface area contributed by atoms with Gasteiger partial charge >= 0.3 is 0 Å². The van der Waals surface area contributed by atoms with E-state index in [1.807, 2.05) is 35.3 Å². The zero-order valence-electron chi connectivity index (χ0n) is 21.2. The maximum absolute atomic E-state index is 12.4. The molecular formula is C27H29N7O4. The molecule has 1 fully saturated rings. The number of hydrogen-bond acceptors (Lipinski definition) is 7. The molecule has 0 aliphatic carbocycles. The number of rotatable bonds is 5. The van der Waals surface area contributed by atoms with Crippen LogP contribution in [0.5, 0.6) is 0 Å². The fourth-order valence-electron chi connectivity index (χ4n) is 4.81. The quantitative estimate of drug-likeness (QED) is 0.235. The zero-order valence-corrected chi connectivity index (χ0v) is 21.2. The third-order valence-electron chi connectivity index (χ3n) is 6.49. The van der Waals surface area contributed by atoms with Crippen molar-refractivity contribution in [2.75, 3.05) is 26.0 Å². The molecule has 1 aliphatic rings. The zero-order chi connectivity index (χ0) is 27.2. The summed E-state index contributed by atoms with van der Waals surface area (Å²) < 4.78 is 9.37. The molecule has 11 nitrogen and oxygen atoms in total. The van der Waals surface area contributed by atoms with Gasteiger partial charge in [-0.1, -0.05) is 12.5 Å². The second-order valence-corrected chi connectivity index (χ2v) is 8.67. The van der Waals surface area contributed by atoms with Gasteiger partial charge in [0.05, 0.1) is 47.0 Å². The first-order valence-electron chi connectivity index (χ1n) is 12.0. The number of aryl methyl sites for hydroxylation is 1. The van der Waals surface area contributed by atoms with Crippen molar-refractivity contribution in [1.82, 2.24) is 29.2 Å². The third kappa shape index (κ3) is 5.07. The summed E-state index contributed by atoms with van der Waals surface area (Å²) in [4.78, 5) is 31.3. The largest absolute Gasteiger partial charge is 0.483 e. The van der Waals surface area contributed by atoms with Crippen LogP contribution in [0.2, 0.25) is 0 Å². The summed E-state index contributed by atoms with van der Waals surface area (Å²) >= 11 is 0. The van der Waals surface area contributed by atoms with E-state index in [9.17, 15) is 4.79 Å². The Morgan fingerprint density at radius 2 is 2.08 bits per heavy atom. The average molecular weight is 516 g/mol. The number of pyridine rings is 1. The molecule has 0 radical (unpaired) electrons. The highest BCUT2D eigenvalue weighted by atomic mass is 16.5. The van der Waals surface area contributed by atoms with Gasteiger partial charge in [-0.3, -0.25) is 14.3 Å². The van der Waals surface area contributed by atoms with E-state index >= 15 is 0 Å². The Bertz CT molecular complexity index is 1550. The minimum Gasteiger partial charge on any atom is -0.483 e.